The van der Waals surface area contributed by atoms with Crippen molar-refractivity contribution in [1.82, 2.24) is 4.98 Å². The summed E-state index contributed by atoms with van der Waals surface area (Å²) in [6.07, 6.45) is 0. The first-order valence-electron chi connectivity index (χ1n) is 9.13. The molecule has 0 aliphatic carbocycles. The molecule has 0 fully saturated rings. The summed E-state index contributed by atoms with van der Waals surface area (Å²) in [5, 5.41) is 4.03. The number of carbonyl (C=O) groups excluding carboxylic acids is 1. The van der Waals surface area contributed by atoms with Gasteiger partial charge in [0, 0.05) is 10.9 Å². The Morgan fingerprint density at radius 3 is 2.57 bits per heavy atom. The van der Waals surface area contributed by atoms with Crippen molar-refractivity contribution in [2.45, 2.75) is 6.92 Å². The van der Waals surface area contributed by atoms with E-state index in [1.807, 2.05) is 72.8 Å². The Kier molecular flexibility index (Phi) is 5.02. The van der Waals surface area contributed by atoms with Gasteiger partial charge in [0.2, 0.25) is 0 Å². The summed E-state index contributed by atoms with van der Waals surface area (Å²) >= 11 is 0. The van der Waals surface area contributed by atoms with Crippen molar-refractivity contribution >= 4 is 22.5 Å². The van der Waals surface area contributed by atoms with E-state index in [2.05, 4.69) is 24.4 Å². The van der Waals surface area contributed by atoms with E-state index in [1.165, 1.54) is 5.56 Å². The monoisotopic (exact) mass is 368 g/mol. The van der Waals surface area contributed by atoms with Gasteiger partial charge in [-0.05, 0) is 43.3 Å². The highest BCUT2D eigenvalue weighted by Crippen LogP contribution is 2.28. The SMILES string of the molecule is Cc1ccc2nc(-c3ccccc3NC(=O)COc3ccccc3)ccc2c1. The molecule has 0 atom stereocenters. The number of anilines is 1. The van der Waals surface area contributed by atoms with Crippen molar-refractivity contribution in [2.75, 3.05) is 11.9 Å². The molecule has 0 unspecified atom stereocenters. The standard InChI is InChI=1S/C24H20N2O2/c1-17-11-13-21-18(15-17)12-14-23(25-21)20-9-5-6-10-22(20)26-24(27)16-28-19-7-3-2-4-8-19/h2-15H,16H2,1H3,(H,26,27). The van der Waals surface area contributed by atoms with E-state index in [1.54, 1.807) is 0 Å². The van der Waals surface area contributed by atoms with Crippen molar-refractivity contribution in [3.05, 3.63) is 90.5 Å². The predicted molar refractivity (Wildman–Crippen MR) is 112 cm³/mol. The van der Waals surface area contributed by atoms with Crippen LogP contribution in [-0.4, -0.2) is 17.5 Å². The third-order valence-electron chi connectivity index (χ3n) is 4.43. The maximum absolute atomic E-state index is 12.4. The average Bonchev–Trinajstić information content (AvgIpc) is 2.73. The number of para-hydroxylation sites is 2. The number of aromatic nitrogens is 1. The second kappa shape index (κ2) is 7.92. The molecule has 0 spiro atoms. The highest BCUT2D eigenvalue weighted by Gasteiger charge is 2.10. The van der Waals surface area contributed by atoms with Crippen LogP contribution in [0, 0.1) is 6.92 Å². The molecule has 4 heteroatoms. The fourth-order valence-corrected chi connectivity index (χ4v) is 3.06. The fraction of sp³-hybridized carbons (Fsp3) is 0.0833. The van der Waals surface area contributed by atoms with E-state index in [0.29, 0.717) is 11.4 Å². The molecule has 1 aromatic heterocycles. The Hall–Kier alpha value is -3.66. The van der Waals surface area contributed by atoms with E-state index in [0.717, 1.165) is 22.2 Å². The minimum Gasteiger partial charge on any atom is -0.484 e. The lowest BCUT2D eigenvalue weighted by molar-refractivity contribution is -0.118. The summed E-state index contributed by atoms with van der Waals surface area (Å²) in [6, 6.07) is 27.2. The van der Waals surface area contributed by atoms with Crippen LogP contribution in [0.2, 0.25) is 0 Å². The number of fused-ring (bicyclic) bond motifs is 1. The number of aryl methyl sites for hydroxylation is 1. The lowest BCUT2D eigenvalue weighted by Gasteiger charge is -2.12. The Morgan fingerprint density at radius 1 is 0.929 bits per heavy atom. The van der Waals surface area contributed by atoms with Gasteiger partial charge in [-0.15, -0.1) is 0 Å². The Morgan fingerprint density at radius 2 is 1.71 bits per heavy atom. The minimum atomic E-state index is -0.215. The van der Waals surface area contributed by atoms with Crippen molar-refractivity contribution in [3.63, 3.8) is 0 Å². The molecule has 0 saturated carbocycles. The lowest BCUT2D eigenvalue weighted by Crippen LogP contribution is -2.20. The molecule has 1 N–H and O–H groups in total. The van der Waals surface area contributed by atoms with Crippen molar-refractivity contribution < 1.29 is 9.53 Å². The molecule has 0 aliphatic rings. The Bertz CT molecular complexity index is 1120. The second-order valence-electron chi connectivity index (χ2n) is 6.59. The third kappa shape index (κ3) is 4.01. The van der Waals surface area contributed by atoms with Crippen LogP contribution < -0.4 is 10.1 Å². The molecule has 3 aromatic carbocycles. The van der Waals surface area contributed by atoms with Gasteiger partial charge in [-0.3, -0.25) is 4.79 Å². The topological polar surface area (TPSA) is 51.2 Å². The molecule has 0 bridgehead atoms. The number of hydrogen-bond donors (Lipinski definition) is 1. The summed E-state index contributed by atoms with van der Waals surface area (Å²) in [6.45, 7) is 2.01. The van der Waals surface area contributed by atoms with Gasteiger partial charge in [0.1, 0.15) is 5.75 Å². The number of rotatable bonds is 5. The van der Waals surface area contributed by atoms with Crippen LogP contribution in [0.15, 0.2) is 84.9 Å². The molecule has 4 nitrogen and oxygen atoms in total. The third-order valence-corrected chi connectivity index (χ3v) is 4.43. The van der Waals surface area contributed by atoms with Crippen LogP contribution in [0.3, 0.4) is 0 Å². The number of pyridine rings is 1. The van der Waals surface area contributed by atoms with E-state index in [9.17, 15) is 4.79 Å². The zero-order valence-corrected chi connectivity index (χ0v) is 15.6. The molecule has 0 saturated heterocycles. The van der Waals surface area contributed by atoms with Crippen LogP contribution in [0.4, 0.5) is 5.69 Å². The van der Waals surface area contributed by atoms with Crippen LogP contribution in [0.5, 0.6) is 5.75 Å². The van der Waals surface area contributed by atoms with Crippen LogP contribution in [0.25, 0.3) is 22.2 Å². The highest BCUT2D eigenvalue weighted by atomic mass is 16.5. The molecule has 138 valence electrons. The molecule has 1 amide bonds. The molecule has 4 aromatic rings. The van der Waals surface area contributed by atoms with E-state index in [4.69, 9.17) is 9.72 Å². The number of amides is 1. The first-order chi connectivity index (χ1) is 13.7. The highest BCUT2D eigenvalue weighted by molar-refractivity contribution is 5.96. The van der Waals surface area contributed by atoms with Gasteiger partial charge in [0.05, 0.1) is 16.9 Å². The molecule has 0 aliphatic heterocycles. The minimum absolute atomic E-state index is 0.0528. The summed E-state index contributed by atoms with van der Waals surface area (Å²) in [5.41, 5.74) is 4.53. The first kappa shape index (κ1) is 17.7. The number of nitrogens with zero attached hydrogens (tertiary/aromatic N) is 1. The van der Waals surface area contributed by atoms with Crippen LogP contribution in [0.1, 0.15) is 5.56 Å². The van der Waals surface area contributed by atoms with Gasteiger partial charge in [0.15, 0.2) is 6.61 Å². The Balaban J connectivity index is 1.55. The van der Waals surface area contributed by atoms with E-state index < -0.39 is 0 Å². The van der Waals surface area contributed by atoms with Gasteiger partial charge in [0.25, 0.3) is 5.91 Å². The molecular formula is C24H20N2O2. The maximum atomic E-state index is 12.4. The van der Waals surface area contributed by atoms with Gasteiger partial charge < -0.3 is 10.1 Å². The van der Waals surface area contributed by atoms with E-state index in [-0.39, 0.29) is 12.5 Å². The summed E-state index contributed by atoms with van der Waals surface area (Å²) in [4.78, 5) is 17.1. The number of ether oxygens (including phenoxy) is 1. The second-order valence-corrected chi connectivity index (χ2v) is 6.59. The number of nitrogens with one attached hydrogen (secondary N) is 1. The summed E-state index contributed by atoms with van der Waals surface area (Å²) < 4.78 is 5.53. The van der Waals surface area contributed by atoms with Gasteiger partial charge in [-0.25, -0.2) is 4.98 Å². The normalized spacial score (nSPS) is 10.6. The van der Waals surface area contributed by atoms with Crippen molar-refractivity contribution in [1.29, 1.82) is 0 Å². The quantitative estimate of drug-likeness (QED) is 0.525. The number of carbonyl (C=O) groups is 1. The van der Waals surface area contributed by atoms with Gasteiger partial charge in [-0.2, -0.15) is 0 Å². The molecule has 1 heterocycles. The van der Waals surface area contributed by atoms with Crippen LogP contribution >= 0.6 is 0 Å². The predicted octanol–water partition coefficient (Wildman–Crippen LogP) is 5.23. The number of hydrogen-bond acceptors (Lipinski definition) is 3. The lowest BCUT2D eigenvalue weighted by atomic mass is 10.1. The van der Waals surface area contributed by atoms with Crippen molar-refractivity contribution in [3.8, 4) is 17.0 Å². The molecular weight excluding hydrogens is 348 g/mol. The number of benzene rings is 3. The Labute approximate surface area is 163 Å². The van der Waals surface area contributed by atoms with Gasteiger partial charge >= 0.3 is 0 Å². The fourth-order valence-electron chi connectivity index (χ4n) is 3.06. The summed E-state index contributed by atoms with van der Waals surface area (Å²) in [5.74, 6) is 0.449. The van der Waals surface area contributed by atoms with Crippen LogP contribution in [-0.2, 0) is 4.79 Å². The molecule has 28 heavy (non-hydrogen) atoms. The molecule has 0 radical (unpaired) electrons. The smallest absolute Gasteiger partial charge is 0.262 e. The maximum Gasteiger partial charge on any atom is 0.262 e. The van der Waals surface area contributed by atoms with Crippen molar-refractivity contribution in [2.24, 2.45) is 0 Å². The summed E-state index contributed by atoms with van der Waals surface area (Å²) in [7, 11) is 0. The van der Waals surface area contributed by atoms with E-state index >= 15 is 0 Å². The average molecular weight is 368 g/mol. The zero-order valence-electron chi connectivity index (χ0n) is 15.6. The molecule has 4 rings (SSSR count). The zero-order chi connectivity index (χ0) is 19.3. The largest absolute Gasteiger partial charge is 0.484 e. The van der Waals surface area contributed by atoms with Gasteiger partial charge in [-0.1, -0.05) is 54.1 Å². The first-order valence-corrected chi connectivity index (χ1v) is 9.13.